The molecule has 2 atom stereocenters. The van der Waals surface area contributed by atoms with Crippen molar-refractivity contribution in [3.8, 4) is 11.1 Å². The molecule has 0 bridgehead atoms. The average Bonchev–Trinajstić information content (AvgIpc) is 2.30. The van der Waals surface area contributed by atoms with Gasteiger partial charge in [-0.1, -0.05) is 30.3 Å². The van der Waals surface area contributed by atoms with Gasteiger partial charge >= 0.3 is 0 Å². The minimum Gasteiger partial charge on any atom is -0.180 e. The van der Waals surface area contributed by atoms with E-state index in [9.17, 15) is 0 Å². The van der Waals surface area contributed by atoms with E-state index < -0.39 is 0 Å². The largest absolute Gasteiger partial charge is 0.180 e. The second kappa shape index (κ2) is 5.30. The van der Waals surface area contributed by atoms with Gasteiger partial charge in [0.1, 0.15) is 0 Å². The van der Waals surface area contributed by atoms with E-state index in [-0.39, 0.29) is 8.58 Å². The first-order valence-electron chi connectivity index (χ1n) is 5.72. The summed E-state index contributed by atoms with van der Waals surface area (Å²) in [7, 11) is 2.94. The first-order chi connectivity index (χ1) is 8.15. The Labute approximate surface area is 108 Å². The Morgan fingerprint density at radius 2 is 1.53 bits per heavy atom. The third kappa shape index (κ3) is 2.44. The van der Waals surface area contributed by atoms with E-state index in [0.717, 1.165) is 0 Å². The van der Waals surface area contributed by atoms with Crippen molar-refractivity contribution in [1.82, 2.24) is 0 Å². The molecule has 0 aromatic heterocycles. The summed E-state index contributed by atoms with van der Waals surface area (Å²) in [6, 6.07) is 13.0. The zero-order valence-electron chi connectivity index (χ0n) is 10.3. The molecule has 0 aliphatic rings. The van der Waals surface area contributed by atoms with Crippen LogP contribution in [0.25, 0.3) is 11.1 Å². The molecular weight excluding hydrogens is 242 g/mol. The molecule has 0 amide bonds. The Morgan fingerprint density at radius 1 is 0.941 bits per heavy atom. The molecule has 2 aromatic carbocycles. The van der Waals surface area contributed by atoms with Gasteiger partial charge in [0, 0.05) is 5.56 Å². The lowest BCUT2D eigenvalue weighted by atomic mass is 9.96. The van der Waals surface area contributed by atoms with Gasteiger partial charge in [0.25, 0.3) is 0 Å². The topological polar surface area (TPSA) is 0 Å². The summed E-state index contributed by atoms with van der Waals surface area (Å²) in [5, 5.41) is 2.68. The number of hydrogen-bond acceptors (Lipinski definition) is 0. The van der Waals surface area contributed by atoms with Crippen molar-refractivity contribution < 1.29 is 0 Å². The molecule has 0 aliphatic carbocycles. The monoisotopic (exact) mass is 260 g/mol. The molecule has 0 heterocycles. The maximum absolute atomic E-state index is 4.12. The second-order valence-corrected chi connectivity index (χ2v) is 5.93. The van der Waals surface area contributed by atoms with E-state index in [1.165, 1.54) is 32.9 Å². The molecule has 0 fully saturated rings. The van der Waals surface area contributed by atoms with Crippen LogP contribution in [0.15, 0.2) is 36.4 Å². The summed E-state index contributed by atoms with van der Waals surface area (Å²) in [5.41, 5.74) is 5.43. The number of aryl methyl sites for hydroxylation is 2. The van der Waals surface area contributed by atoms with Crippen molar-refractivity contribution in [3.05, 3.63) is 54.2 Å². The van der Waals surface area contributed by atoms with Crippen LogP contribution in [0.1, 0.15) is 11.1 Å². The van der Waals surface area contributed by atoms with Crippen molar-refractivity contribution in [2.45, 2.75) is 13.8 Å². The highest BCUT2D eigenvalue weighted by Crippen LogP contribution is 2.28. The van der Waals surface area contributed by atoms with Crippen LogP contribution >= 0.6 is 17.8 Å². The fourth-order valence-corrected chi connectivity index (χ4v) is 3.54. The van der Waals surface area contributed by atoms with Crippen LogP contribution in [0.2, 0.25) is 0 Å². The van der Waals surface area contributed by atoms with Crippen LogP contribution in [0.5, 0.6) is 0 Å². The van der Waals surface area contributed by atoms with Gasteiger partial charge in [0.05, 0.1) is 5.30 Å². The van der Waals surface area contributed by atoms with Gasteiger partial charge in [-0.2, -0.15) is 6.66 Å². The quantitative estimate of drug-likeness (QED) is 0.574. The van der Waals surface area contributed by atoms with Gasteiger partial charge in [-0.05, 0) is 41.9 Å². The molecule has 2 unspecified atom stereocenters. The number of hydrogen-bond donors (Lipinski definition) is 0. The van der Waals surface area contributed by atoms with Gasteiger partial charge in [0.2, 0.25) is 0 Å². The van der Waals surface area contributed by atoms with E-state index in [1.807, 2.05) is 0 Å². The Bertz CT molecular complexity index is 524. The summed E-state index contributed by atoms with van der Waals surface area (Å²) in [6.07, 6.45) is 0. The van der Waals surface area contributed by atoms with Gasteiger partial charge in [0.15, 0.2) is 0 Å². The summed E-state index contributed by atoms with van der Waals surface area (Å²) < 4.78 is 0. The molecule has 17 heavy (non-hydrogen) atoms. The first kappa shape index (κ1) is 12.7. The lowest BCUT2D eigenvalue weighted by Gasteiger charge is -2.14. The molecule has 0 spiro atoms. The van der Waals surface area contributed by atoms with E-state index in [0.29, 0.717) is 0 Å². The van der Waals surface area contributed by atoms with Crippen molar-refractivity contribution in [1.29, 1.82) is 0 Å². The van der Waals surface area contributed by atoms with Crippen molar-refractivity contribution in [2.75, 3.05) is 0 Å². The number of benzene rings is 2. The van der Waals surface area contributed by atoms with Crippen LogP contribution in [-0.2, 0) is 0 Å². The maximum Gasteiger partial charge on any atom is 0.0678 e. The minimum absolute atomic E-state index is 0.0951. The predicted molar refractivity (Wildman–Crippen MR) is 85.4 cm³/mol. The van der Waals surface area contributed by atoms with Gasteiger partial charge < -0.3 is 0 Å². The Balaban J connectivity index is 2.76. The summed E-state index contributed by atoms with van der Waals surface area (Å²) in [4.78, 5) is 0. The highest BCUT2D eigenvalue weighted by Gasteiger charge is 2.13. The average molecular weight is 260 g/mol. The lowest BCUT2D eigenvalue weighted by Crippen LogP contribution is -2.08. The summed E-state index contributed by atoms with van der Waals surface area (Å²) in [5.74, 6) is 0. The highest BCUT2D eigenvalue weighted by molar-refractivity contribution is 7.48. The van der Waals surface area contributed by atoms with Crippen LogP contribution in [-0.4, -0.2) is 0 Å². The minimum atomic E-state index is 0.0951. The standard InChI is InChI=1S/C15H18P2/c1-10-6-4-8-12(16)14(10)15-11(2)7-5-9-13(15)17-3/h4-9H,3,16-17H2,1-2H3. The van der Waals surface area contributed by atoms with E-state index in [4.69, 9.17) is 0 Å². The molecule has 0 aliphatic heterocycles. The SMILES string of the molecule is [CH2-][PH2+]c1cccc(C)c1-c1c(C)cccc1P. The summed E-state index contributed by atoms with van der Waals surface area (Å²) >= 11 is 0. The molecule has 2 aromatic rings. The molecule has 0 radical (unpaired) electrons. The highest BCUT2D eigenvalue weighted by atomic mass is 31.1. The van der Waals surface area contributed by atoms with Gasteiger partial charge in [-0.3, -0.25) is 0 Å². The van der Waals surface area contributed by atoms with Crippen molar-refractivity contribution in [2.24, 2.45) is 0 Å². The Morgan fingerprint density at radius 3 is 2.12 bits per heavy atom. The Hall–Kier alpha value is -0.700. The molecular formula is C15H18P2. The first-order valence-corrected chi connectivity index (χ1v) is 7.69. The Kier molecular flexibility index (Phi) is 3.97. The molecule has 2 rings (SSSR count). The van der Waals surface area contributed by atoms with Crippen molar-refractivity contribution >= 4 is 28.4 Å². The smallest absolute Gasteiger partial charge is 0.0678 e. The fourth-order valence-electron chi connectivity index (χ4n) is 2.23. The summed E-state index contributed by atoms with van der Waals surface area (Å²) in [6.45, 7) is 8.48. The van der Waals surface area contributed by atoms with Crippen LogP contribution in [0.4, 0.5) is 0 Å². The van der Waals surface area contributed by atoms with E-state index in [2.05, 4.69) is 66.2 Å². The zero-order chi connectivity index (χ0) is 12.4. The molecule has 0 saturated carbocycles. The molecule has 0 saturated heterocycles. The molecule has 88 valence electrons. The van der Waals surface area contributed by atoms with E-state index >= 15 is 0 Å². The fraction of sp³-hybridized carbons (Fsp3) is 0.133. The van der Waals surface area contributed by atoms with Crippen LogP contribution in [0, 0.1) is 20.5 Å². The third-order valence-corrected chi connectivity index (χ3v) is 4.48. The zero-order valence-corrected chi connectivity index (χ0v) is 12.6. The third-order valence-electron chi connectivity index (χ3n) is 3.08. The van der Waals surface area contributed by atoms with Crippen LogP contribution in [0.3, 0.4) is 0 Å². The van der Waals surface area contributed by atoms with Gasteiger partial charge in [-0.25, -0.2) is 0 Å². The van der Waals surface area contributed by atoms with Crippen LogP contribution < -0.4 is 10.6 Å². The lowest BCUT2D eigenvalue weighted by molar-refractivity contribution is 1.44. The van der Waals surface area contributed by atoms with Crippen molar-refractivity contribution in [3.63, 3.8) is 0 Å². The predicted octanol–water partition coefficient (Wildman–Crippen LogP) is 3.30. The van der Waals surface area contributed by atoms with Gasteiger partial charge in [-0.15, -0.1) is 17.8 Å². The van der Waals surface area contributed by atoms with E-state index in [1.54, 1.807) is 0 Å². The molecule has 0 nitrogen and oxygen atoms in total. The number of rotatable bonds is 2. The molecule has 2 heteroatoms. The normalized spacial score (nSPS) is 11.3. The molecule has 0 N–H and O–H groups in total. The maximum atomic E-state index is 4.12. The second-order valence-electron chi connectivity index (χ2n) is 4.28.